The van der Waals surface area contributed by atoms with E-state index in [0.29, 0.717) is 49.3 Å². The zero-order valence-corrected chi connectivity index (χ0v) is 22.8. The van der Waals surface area contributed by atoms with Crippen LogP contribution in [0.3, 0.4) is 0 Å². The van der Waals surface area contributed by atoms with Gasteiger partial charge in [-0.25, -0.2) is 24.0 Å². The molecule has 2 aromatic heterocycles. The third-order valence-electron chi connectivity index (χ3n) is 6.82. The number of ether oxygens (including phenoxy) is 1. The molecule has 0 bridgehead atoms. The molecule has 0 saturated carbocycles. The van der Waals surface area contributed by atoms with Gasteiger partial charge in [-0.2, -0.15) is 5.10 Å². The van der Waals surface area contributed by atoms with Gasteiger partial charge in [0.05, 0.1) is 16.7 Å². The Morgan fingerprint density at radius 3 is 2.75 bits per heavy atom. The predicted molar refractivity (Wildman–Crippen MR) is 148 cm³/mol. The lowest BCUT2D eigenvalue weighted by molar-refractivity contribution is -0.384. The summed E-state index contributed by atoms with van der Waals surface area (Å²) in [5, 5.41) is 19.1. The number of aromatic nitrogens is 5. The molecule has 0 fully saturated rings. The maximum absolute atomic E-state index is 13.4. The first-order chi connectivity index (χ1) is 19.3. The van der Waals surface area contributed by atoms with Crippen molar-refractivity contribution < 1.29 is 14.1 Å². The molecule has 208 valence electrons. The van der Waals surface area contributed by atoms with Crippen LogP contribution in [0.5, 0.6) is 5.75 Å². The fraction of sp³-hybridized carbons (Fsp3) is 0.333. The molecule has 1 aliphatic rings. The average Bonchev–Trinajstić information content (AvgIpc) is 3.55. The molecule has 1 unspecified atom stereocenters. The van der Waals surface area contributed by atoms with Crippen molar-refractivity contribution in [1.82, 2.24) is 29.6 Å². The maximum atomic E-state index is 13.4. The van der Waals surface area contributed by atoms with Crippen LogP contribution in [0.15, 0.2) is 48.8 Å². The first kappa shape index (κ1) is 27.4. The maximum Gasteiger partial charge on any atom is 0.273 e. The number of likely N-dealkylation sites (N-methyl/N-ethyl adjacent to an activating group) is 1. The first-order valence-corrected chi connectivity index (χ1v) is 13.2. The number of rotatable bonds is 11. The molecule has 0 amide bonds. The van der Waals surface area contributed by atoms with Crippen molar-refractivity contribution in [2.24, 2.45) is 0 Å². The Kier molecular flexibility index (Phi) is 8.17. The van der Waals surface area contributed by atoms with E-state index in [1.165, 1.54) is 28.9 Å². The number of halogens is 2. The highest BCUT2D eigenvalue weighted by Crippen LogP contribution is 2.40. The minimum absolute atomic E-state index is 0.0524. The van der Waals surface area contributed by atoms with E-state index in [0.717, 1.165) is 29.7 Å². The summed E-state index contributed by atoms with van der Waals surface area (Å²) >= 11 is 6.26. The van der Waals surface area contributed by atoms with Gasteiger partial charge >= 0.3 is 0 Å². The lowest BCUT2D eigenvalue weighted by Gasteiger charge is -2.19. The molecular formula is C27H28ClFN8O3. The van der Waals surface area contributed by atoms with E-state index < -0.39 is 4.92 Å². The normalized spacial score (nSPS) is 14.4. The zero-order chi connectivity index (χ0) is 28.2. The van der Waals surface area contributed by atoms with E-state index in [4.69, 9.17) is 16.3 Å². The Morgan fingerprint density at radius 2 is 2.02 bits per heavy atom. The second-order valence-corrected chi connectivity index (χ2v) is 9.91. The summed E-state index contributed by atoms with van der Waals surface area (Å²) < 4.78 is 20.9. The van der Waals surface area contributed by atoms with Crippen LogP contribution in [-0.2, 0) is 6.42 Å². The number of non-ortho nitro benzene ring substituents is 1. The van der Waals surface area contributed by atoms with E-state index in [1.807, 2.05) is 7.05 Å². The van der Waals surface area contributed by atoms with Crippen LogP contribution >= 0.6 is 11.6 Å². The van der Waals surface area contributed by atoms with Crippen molar-refractivity contribution in [2.75, 3.05) is 38.6 Å². The number of anilines is 1. The van der Waals surface area contributed by atoms with Crippen LogP contribution in [0.25, 0.3) is 5.69 Å². The van der Waals surface area contributed by atoms with Crippen LogP contribution in [-0.4, -0.2) is 67.8 Å². The van der Waals surface area contributed by atoms with Crippen molar-refractivity contribution in [3.05, 3.63) is 92.7 Å². The predicted octanol–water partition coefficient (Wildman–Crippen LogP) is 4.57. The molecule has 0 radical (unpaired) electrons. The standard InChI is InChI=1S/C27H28ClFN8O3/c1-17-31-16-36(34-17)23-10-7-20(37(38)39)15-24(23)40-14-13-35(2)12-11-30-26-22-9-8-21(25(22)32-27(28)33-26)18-3-5-19(29)6-4-18/h3-7,10,15-16,21H,8-9,11-14H2,1-2H3,(H,30,32,33). The van der Waals surface area contributed by atoms with Crippen molar-refractivity contribution >= 4 is 23.1 Å². The summed E-state index contributed by atoms with van der Waals surface area (Å²) in [5.74, 6) is 1.44. The van der Waals surface area contributed by atoms with Gasteiger partial charge in [0.25, 0.3) is 5.69 Å². The highest BCUT2D eigenvalue weighted by Gasteiger charge is 2.29. The van der Waals surface area contributed by atoms with Crippen LogP contribution in [0.1, 0.15) is 35.0 Å². The lowest BCUT2D eigenvalue weighted by atomic mass is 9.97. The van der Waals surface area contributed by atoms with Gasteiger partial charge in [0.15, 0.2) is 5.75 Å². The van der Waals surface area contributed by atoms with Crippen molar-refractivity contribution in [3.8, 4) is 11.4 Å². The number of nitrogens with zero attached hydrogens (tertiary/aromatic N) is 7. The number of hydrogen-bond acceptors (Lipinski definition) is 9. The van der Waals surface area contributed by atoms with E-state index in [-0.39, 0.29) is 22.7 Å². The van der Waals surface area contributed by atoms with Gasteiger partial charge in [0.1, 0.15) is 36.1 Å². The fourth-order valence-corrected chi connectivity index (χ4v) is 4.95. The highest BCUT2D eigenvalue weighted by atomic mass is 35.5. The molecule has 2 aromatic carbocycles. The number of hydrogen-bond donors (Lipinski definition) is 1. The summed E-state index contributed by atoms with van der Waals surface area (Å²) in [7, 11) is 1.96. The number of benzene rings is 2. The Balaban J connectivity index is 1.17. The number of fused-ring (bicyclic) bond motifs is 1. The molecule has 11 nitrogen and oxygen atoms in total. The summed E-state index contributed by atoms with van der Waals surface area (Å²) in [4.78, 5) is 25.9. The average molecular weight is 567 g/mol. The summed E-state index contributed by atoms with van der Waals surface area (Å²) in [6.45, 7) is 3.95. The second kappa shape index (κ2) is 11.9. The summed E-state index contributed by atoms with van der Waals surface area (Å²) in [6.07, 6.45) is 3.20. The van der Waals surface area contributed by atoms with Crippen molar-refractivity contribution in [2.45, 2.75) is 25.7 Å². The van der Waals surface area contributed by atoms with E-state index in [1.54, 1.807) is 31.5 Å². The van der Waals surface area contributed by atoms with Crippen LogP contribution in [0, 0.1) is 22.9 Å². The highest BCUT2D eigenvalue weighted by molar-refractivity contribution is 6.28. The van der Waals surface area contributed by atoms with Gasteiger partial charge in [-0.15, -0.1) is 0 Å². The molecule has 0 saturated heterocycles. The van der Waals surface area contributed by atoms with Gasteiger partial charge in [-0.3, -0.25) is 10.1 Å². The van der Waals surface area contributed by atoms with Gasteiger partial charge in [0.2, 0.25) is 5.28 Å². The van der Waals surface area contributed by atoms with Gasteiger partial charge in [-0.1, -0.05) is 12.1 Å². The molecule has 1 N–H and O–H groups in total. The Labute approximate surface area is 235 Å². The molecule has 13 heteroatoms. The van der Waals surface area contributed by atoms with Crippen LogP contribution in [0.2, 0.25) is 5.28 Å². The molecule has 1 atom stereocenters. The molecule has 40 heavy (non-hydrogen) atoms. The molecule has 0 spiro atoms. The van der Waals surface area contributed by atoms with Crippen molar-refractivity contribution in [1.29, 1.82) is 0 Å². The monoisotopic (exact) mass is 566 g/mol. The lowest BCUT2D eigenvalue weighted by Crippen LogP contribution is -2.29. The van der Waals surface area contributed by atoms with Gasteiger partial charge < -0.3 is 15.0 Å². The Hall–Kier alpha value is -4.16. The molecule has 4 aromatic rings. The minimum atomic E-state index is -0.459. The third kappa shape index (κ3) is 6.18. The second-order valence-electron chi connectivity index (χ2n) is 9.57. The zero-order valence-electron chi connectivity index (χ0n) is 22.0. The smallest absolute Gasteiger partial charge is 0.273 e. The number of nitro benzene ring substituents is 1. The van der Waals surface area contributed by atoms with Crippen molar-refractivity contribution in [3.63, 3.8) is 0 Å². The molecule has 1 aliphatic carbocycles. The number of nitro groups is 1. The first-order valence-electron chi connectivity index (χ1n) is 12.8. The van der Waals surface area contributed by atoms with E-state index >= 15 is 0 Å². The Morgan fingerprint density at radius 1 is 1.23 bits per heavy atom. The summed E-state index contributed by atoms with van der Waals surface area (Å²) in [5.41, 5.74) is 3.43. The fourth-order valence-electron chi connectivity index (χ4n) is 4.77. The molecule has 5 rings (SSSR count). The van der Waals surface area contributed by atoms with Gasteiger partial charge in [0, 0.05) is 37.2 Å². The SMILES string of the molecule is Cc1ncn(-c2ccc([N+](=O)[O-])cc2OCCN(C)CCNc2nc(Cl)nc3c2CCC3c2ccc(F)cc2)n1. The third-order valence-corrected chi connectivity index (χ3v) is 6.99. The van der Waals surface area contributed by atoms with Crippen LogP contribution < -0.4 is 10.1 Å². The molecular weight excluding hydrogens is 539 g/mol. The molecule has 0 aliphatic heterocycles. The largest absolute Gasteiger partial charge is 0.490 e. The number of nitrogens with one attached hydrogen (secondary N) is 1. The number of aryl methyl sites for hydroxylation is 1. The minimum Gasteiger partial charge on any atom is -0.490 e. The topological polar surface area (TPSA) is 124 Å². The Bertz CT molecular complexity index is 1510. The van der Waals surface area contributed by atoms with Gasteiger partial charge in [-0.05, 0) is 62.2 Å². The summed E-state index contributed by atoms with van der Waals surface area (Å²) in [6, 6.07) is 10.9. The van der Waals surface area contributed by atoms with E-state index in [2.05, 4.69) is 30.3 Å². The quantitative estimate of drug-likeness (QED) is 0.158. The van der Waals surface area contributed by atoms with Crippen LogP contribution in [0.4, 0.5) is 15.9 Å². The van der Waals surface area contributed by atoms with E-state index in [9.17, 15) is 14.5 Å². The molecule has 2 heterocycles.